The van der Waals surface area contributed by atoms with Crippen molar-refractivity contribution in [1.82, 2.24) is 9.97 Å². The van der Waals surface area contributed by atoms with Gasteiger partial charge in [0.05, 0.1) is 10.9 Å². The minimum atomic E-state index is -0.511. The molecule has 0 fully saturated rings. The SMILES string of the molecule is CC(Br)(Br)c1nc2ccccc2c(=O)[nH]1. The molecule has 78 valence electrons. The zero-order valence-electron chi connectivity index (χ0n) is 7.92. The van der Waals surface area contributed by atoms with E-state index in [2.05, 4.69) is 41.8 Å². The third-order valence-corrected chi connectivity index (χ3v) is 2.78. The van der Waals surface area contributed by atoms with Crippen molar-refractivity contribution in [3.63, 3.8) is 0 Å². The first-order valence-corrected chi connectivity index (χ1v) is 5.94. The van der Waals surface area contributed by atoms with Crippen molar-refractivity contribution < 1.29 is 0 Å². The Hall–Kier alpha value is -0.680. The molecule has 0 amide bonds. The maximum atomic E-state index is 11.7. The predicted molar refractivity (Wildman–Crippen MR) is 67.6 cm³/mol. The average Bonchev–Trinajstić information content (AvgIpc) is 2.16. The molecule has 2 aromatic rings. The Bertz CT molecular complexity index is 557. The van der Waals surface area contributed by atoms with E-state index in [4.69, 9.17) is 0 Å². The van der Waals surface area contributed by atoms with E-state index in [0.29, 0.717) is 16.7 Å². The van der Waals surface area contributed by atoms with Gasteiger partial charge >= 0.3 is 0 Å². The largest absolute Gasteiger partial charge is 0.308 e. The van der Waals surface area contributed by atoms with Gasteiger partial charge in [0.2, 0.25) is 0 Å². The smallest absolute Gasteiger partial charge is 0.258 e. The van der Waals surface area contributed by atoms with Crippen molar-refractivity contribution in [1.29, 1.82) is 0 Å². The van der Waals surface area contributed by atoms with E-state index in [0.717, 1.165) is 0 Å². The molecule has 0 atom stereocenters. The lowest BCUT2D eigenvalue weighted by Gasteiger charge is -2.13. The monoisotopic (exact) mass is 330 g/mol. The number of benzene rings is 1. The van der Waals surface area contributed by atoms with Crippen LogP contribution in [-0.2, 0) is 3.23 Å². The maximum Gasteiger partial charge on any atom is 0.258 e. The highest BCUT2D eigenvalue weighted by Crippen LogP contribution is 2.34. The molecule has 0 aliphatic rings. The number of fused-ring (bicyclic) bond motifs is 1. The van der Waals surface area contributed by atoms with Crippen LogP contribution in [0.1, 0.15) is 12.7 Å². The fourth-order valence-electron chi connectivity index (χ4n) is 1.29. The second-order valence-electron chi connectivity index (χ2n) is 3.32. The van der Waals surface area contributed by atoms with E-state index in [-0.39, 0.29) is 5.56 Å². The summed E-state index contributed by atoms with van der Waals surface area (Å²) in [5, 5.41) is 0.602. The molecule has 0 saturated heterocycles. The maximum absolute atomic E-state index is 11.7. The molecular formula is C10H8Br2N2O. The number of nitrogens with one attached hydrogen (secondary N) is 1. The first-order chi connectivity index (χ1) is 6.98. The second kappa shape index (κ2) is 3.72. The number of alkyl halides is 2. The van der Waals surface area contributed by atoms with Gasteiger partial charge in [0.25, 0.3) is 5.56 Å². The second-order valence-corrected chi connectivity index (χ2v) is 7.56. The molecule has 3 nitrogen and oxygen atoms in total. The Labute approximate surface area is 103 Å². The molecule has 15 heavy (non-hydrogen) atoms. The molecule has 2 rings (SSSR count). The van der Waals surface area contributed by atoms with Crippen LogP contribution in [0.15, 0.2) is 29.1 Å². The van der Waals surface area contributed by atoms with Crippen molar-refractivity contribution >= 4 is 42.8 Å². The molecule has 1 aromatic carbocycles. The first kappa shape index (κ1) is 10.8. The summed E-state index contributed by atoms with van der Waals surface area (Å²) >= 11 is 6.78. The minimum absolute atomic E-state index is 0.124. The van der Waals surface area contributed by atoms with Crippen LogP contribution < -0.4 is 5.56 Å². The van der Waals surface area contributed by atoms with Gasteiger partial charge in [-0.05, 0) is 19.1 Å². The Kier molecular flexibility index (Phi) is 2.68. The predicted octanol–water partition coefficient (Wildman–Crippen LogP) is 2.89. The fraction of sp³-hybridized carbons (Fsp3) is 0.200. The van der Waals surface area contributed by atoms with Crippen molar-refractivity contribution in [3.8, 4) is 0 Å². The van der Waals surface area contributed by atoms with Crippen LogP contribution in [0.4, 0.5) is 0 Å². The zero-order valence-corrected chi connectivity index (χ0v) is 11.1. The van der Waals surface area contributed by atoms with Gasteiger partial charge in [0, 0.05) is 0 Å². The summed E-state index contributed by atoms with van der Waals surface area (Å²) in [5.41, 5.74) is 0.571. The number of H-pyrrole nitrogens is 1. The third kappa shape index (κ3) is 2.13. The first-order valence-electron chi connectivity index (χ1n) is 4.36. The highest BCUT2D eigenvalue weighted by atomic mass is 79.9. The highest BCUT2D eigenvalue weighted by Gasteiger charge is 2.22. The van der Waals surface area contributed by atoms with E-state index >= 15 is 0 Å². The van der Waals surface area contributed by atoms with Gasteiger partial charge in [0.1, 0.15) is 9.06 Å². The molecule has 0 spiro atoms. The van der Waals surface area contributed by atoms with E-state index in [9.17, 15) is 4.79 Å². The summed E-state index contributed by atoms with van der Waals surface area (Å²) in [6, 6.07) is 7.25. The third-order valence-electron chi connectivity index (χ3n) is 2.03. The molecule has 0 aliphatic carbocycles. The van der Waals surface area contributed by atoms with Crippen LogP contribution in [-0.4, -0.2) is 9.97 Å². The van der Waals surface area contributed by atoms with Gasteiger partial charge in [0.15, 0.2) is 0 Å². The summed E-state index contributed by atoms with van der Waals surface area (Å²) in [7, 11) is 0. The summed E-state index contributed by atoms with van der Waals surface area (Å²) in [5.74, 6) is 0.561. The average molecular weight is 332 g/mol. The van der Waals surface area contributed by atoms with Crippen LogP contribution in [0.5, 0.6) is 0 Å². The molecule has 1 heterocycles. The van der Waals surface area contributed by atoms with Crippen LogP contribution in [0.3, 0.4) is 0 Å². The Morgan fingerprint density at radius 2 is 2.00 bits per heavy atom. The molecule has 0 saturated carbocycles. The highest BCUT2D eigenvalue weighted by molar-refractivity contribution is 9.24. The van der Waals surface area contributed by atoms with E-state index in [1.165, 1.54) is 0 Å². The lowest BCUT2D eigenvalue weighted by molar-refractivity contribution is 0.898. The van der Waals surface area contributed by atoms with Crippen LogP contribution >= 0.6 is 31.9 Å². The van der Waals surface area contributed by atoms with E-state index in [1.54, 1.807) is 6.07 Å². The molecule has 0 unspecified atom stereocenters. The van der Waals surface area contributed by atoms with Gasteiger partial charge in [-0.15, -0.1) is 0 Å². The summed E-state index contributed by atoms with van der Waals surface area (Å²) in [6.45, 7) is 1.86. The van der Waals surface area contributed by atoms with Gasteiger partial charge < -0.3 is 4.98 Å². The topological polar surface area (TPSA) is 45.8 Å². The molecule has 1 N–H and O–H groups in total. The molecule has 5 heteroatoms. The number of hydrogen-bond donors (Lipinski definition) is 1. The quantitative estimate of drug-likeness (QED) is 0.817. The van der Waals surface area contributed by atoms with Gasteiger partial charge in [-0.3, -0.25) is 4.79 Å². The van der Waals surface area contributed by atoms with E-state index < -0.39 is 3.23 Å². The van der Waals surface area contributed by atoms with Crippen molar-refractivity contribution in [2.45, 2.75) is 10.2 Å². The number of para-hydroxylation sites is 1. The molecule has 1 aromatic heterocycles. The molecular weight excluding hydrogens is 324 g/mol. The van der Waals surface area contributed by atoms with Crippen LogP contribution in [0.25, 0.3) is 10.9 Å². The number of aromatic nitrogens is 2. The van der Waals surface area contributed by atoms with Crippen LogP contribution in [0.2, 0.25) is 0 Å². The summed E-state index contributed by atoms with van der Waals surface area (Å²) < 4.78 is -0.511. The fourth-order valence-corrected chi connectivity index (χ4v) is 1.67. The van der Waals surface area contributed by atoms with Crippen molar-refractivity contribution in [2.75, 3.05) is 0 Å². The lowest BCUT2D eigenvalue weighted by atomic mass is 10.2. The normalized spacial score (nSPS) is 11.9. The number of aromatic amines is 1. The number of nitrogens with zero attached hydrogens (tertiary/aromatic N) is 1. The Balaban J connectivity index is 2.79. The van der Waals surface area contributed by atoms with Crippen molar-refractivity contribution in [3.05, 3.63) is 40.4 Å². The standard InChI is InChI=1S/C10H8Br2N2O/c1-10(11,12)9-13-7-5-3-2-4-6(7)8(15)14-9/h2-5H,1H3,(H,13,14,15). The van der Waals surface area contributed by atoms with Crippen molar-refractivity contribution in [2.24, 2.45) is 0 Å². The Morgan fingerprint density at radius 3 is 2.67 bits per heavy atom. The van der Waals surface area contributed by atoms with E-state index in [1.807, 2.05) is 25.1 Å². The number of halogens is 2. The molecule has 0 radical (unpaired) electrons. The van der Waals surface area contributed by atoms with Crippen LogP contribution in [0, 0.1) is 0 Å². The molecule has 0 aliphatic heterocycles. The number of hydrogen-bond acceptors (Lipinski definition) is 2. The summed E-state index contributed by atoms with van der Waals surface area (Å²) in [4.78, 5) is 18.8. The summed E-state index contributed by atoms with van der Waals surface area (Å²) in [6.07, 6.45) is 0. The van der Waals surface area contributed by atoms with Gasteiger partial charge in [-0.25, -0.2) is 4.98 Å². The number of rotatable bonds is 1. The minimum Gasteiger partial charge on any atom is -0.308 e. The zero-order chi connectivity index (χ0) is 11.1. The molecule has 0 bridgehead atoms. The lowest BCUT2D eigenvalue weighted by Crippen LogP contribution is -2.17. The Morgan fingerprint density at radius 1 is 1.33 bits per heavy atom. The van der Waals surface area contributed by atoms with Gasteiger partial charge in [-0.1, -0.05) is 44.0 Å². The van der Waals surface area contributed by atoms with Gasteiger partial charge in [-0.2, -0.15) is 0 Å².